The molecule has 0 bridgehead atoms. The number of hydrogen-bond donors (Lipinski definition) is 0. The molecule has 1 heterocycles. The Morgan fingerprint density at radius 2 is 0.873 bits per heavy atom. The van der Waals surface area contributed by atoms with Crippen LogP contribution in [0.5, 0.6) is 0 Å². The minimum absolute atomic E-state index is 0.0981. The molecule has 0 saturated heterocycles. The molecule has 10 rings (SSSR count). The lowest BCUT2D eigenvalue weighted by molar-refractivity contribution is 0.661. The topological polar surface area (TPSA) is 25.8 Å². The smallest absolute Gasteiger partial charge is 0.160 e. The van der Waals surface area contributed by atoms with Gasteiger partial charge in [0.25, 0.3) is 0 Å². The van der Waals surface area contributed by atoms with Gasteiger partial charge in [-0.1, -0.05) is 184 Å². The van der Waals surface area contributed by atoms with Crippen LogP contribution >= 0.6 is 0 Å². The van der Waals surface area contributed by atoms with Crippen molar-refractivity contribution < 1.29 is 0 Å². The molecule has 8 aromatic carbocycles. The fraction of sp³-hybridized carbons (Fsp3) is 0.0566. The number of hydrogen-bond acceptors (Lipinski definition) is 2. The van der Waals surface area contributed by atoms with Gasteiger partial charge in [-0.15, -0.1) is 0 Å². The molecule has 0 radical (unpaired) electrons. The molecule has 260 valence electrons. The summed E-state index contributed by atoms with van der Waals surface area (Å²) in [7, 11) is 0. The van der Waals surface area contributed by atoms with Crippen LogP contribution in [0.1, 0.15) is 25.0 Å². The van der Waals surface area contributed by atoms with Gasteiger partial charge in [0.2, 0.25) is 0 Å². The summed E-state index contributed by atoms with van der Waals surface area (Å²) in [5, 5.41) is 2.56. The first-order valence-corrected chi connectivity index (χ1v) is 19.0. The fourth-order valence-corrected chi connectivity index (χ4v) is 8.44. The van der Waals surface area contributed by atoms with E-state index in [2.05, 4.69) is 190 Å². The zero-order valence-electron chi connectivity index (χ0n) is 30.9. The summed E-state index contributed by atoms with van der Waals surface area (Å²) in [6, 6.07) is 69.6. The van der Waals surface area contributed by atoms with Crippen molar-refractivity contribution >= 4 is 10.8 Å². The van der Waals surface area contributed by atoms with Gasteiger partial charge in [0.15, 0.2) is 5.82 Å². The zero-order chi connectivity index (χ0) is 36.9. The molecule has 0 fully saturated rings. The van der Waals surface area contributed by atoms with Crippen LogP contribution in [0, 0.1) is 0 Å². The van der Waals surface area contributed by atoms with Crippen molar-refractivity contribution in [2.24, 2.45) is 0 Å². The second-order valence-corrected chi connectivity index (χ2v) is 15.0. The SMILES string of the molecule is CC1(C)c2cc3ccccc3cc2-c2c(-c3ccccc3-c3ccc(-c4cc(-c5cccc(-c6ccccc6)c5)nc(-c5ccccc5)n4)cc3)cccc21. The Bertz CT molecular complexity index is 2870. The highest BCUT2D eigenvalue weighted by Gasteiger charge is 2.37. The van der Waals surface area contributed by atoms with E-state index in [0.29, 0.717) is 5.82 Å². The maximum Gasteiger partial charge on any atom is 0.160 e. The third-order valence-corrected chi connectivity index (χ3v) is 11.3. The predicted molar refractivity (Wildman–Crippen MR) is 230 cm³/mol. The molecule has 0 N–H and O–H groups in total. The van der Waals surface area contributed by atoms with Gasteiger partial charge >= 0.3 is 0 Å². The Balaban J connectivity index is 1.06. The Kier molecular flexibility index (Phi) is 7.85. The predicted octanol–water partition coefficient (Wildman–Crippen LogP) is 13.9. The number of fused-ring (bicyclic) bond motifs is 4. The maximum atomic E-state index is 5.13. The monoisotopic (exact) mass is 702 g/mol. The standard InChI is InChI=1S/C53H38N2/c1-53(2)47-26-14-25-45(51(47)46-32-40-19-9-10-20-41(40)33-48(46)53)44-24-12-11-23-43(44)36-27-29-37(30-28-36)49-34-50(55-52(54-49)38-17-7-4-8-18-38)42-22-13-21-39(31-42)35-15-5-3-6-16-35/h3-34H,1-2H3. The molecule has 2 nitrogen and oxygen atoms in total. The quantitative estimate of drug-likeness (QED) is 0.172. The first-order valence-electron chi connectivity index (χ1n) is 19.0. The van der Waals surface area contributed by atoms with Gasteiger partial charge in [0.1, 0.15) is 0 Å². The molecule has 1 aromatic heterocycles. The van der Waals surface area contributed by atoms with Crippen molar-refractivity contribution in [2.45, 2.75) is 19.3 Å². The summed E-state index contributed by atoms with van der Waals surface area (Å²) >= 11 is 0. The lowest BCUT2D eigenvalue weighted by atomic mass is 9.81. The maximum absolute atomic E-state index is 5.13. The van der Waals surface area contributed by atoms with E-state index >= 15 is 0 Å². The minimum Gasteiger partial charge on any atom is -0.228 e. The molecule has 0 unspecified atom stereocenters. The van der Waals surface area contributed by atoms with Crippen molar-refractivity contribution in [2.75, 3.05) is 0 Å². The van der Waals surface area contributed by atoms with Gasteiger partial charge in [-0.25, -0.2) is 9.97 Å². The van der Waals surface area contributed by atoms with Gasteiger partial charge in [-0.2, -0.15) is 0 Å². The fourth-order valence-electron chi connectivity index (χ4n) is 8.44. The number of benzene rings is 8. The number of aromatic nitrogens is 2. The van der Waals surface area contributed by atoms with E-state index in [1.54, 1.807) is 0 Å². The summed E-state index contributed by atoms with van der Waals surface area (Å²) < 4.78 is 0. The molecule has 2 heteroatoms. The van der Waals surface area contributed by atoms with Crippen molar-refractivity contribution in [1.82, 2.24) is 9.97 Å². The highest BCUT2D eigenvalue weighted by Crippen LogP contribution is 2.54. The van der Waals surface area contributed by atoms with E-state index in [1.807, 2.05) is 18.2 Å². The summed E-state index contributed by atoms with van der Waals surface area (Å²) in [5.41, 5.74) is 17.4. The molecule has 1 aliphatic carbocycles. The third kappa shape index (κ3) is 5.75. The van der Waals surface area contributed by atoms with E-state index < -0.39 is 0 Å². The minimum atomic E-state index is -0.0981. The lowest BCUT2D eigenvalue weighted by Crippen LogP contribution is -2.14. The first-order chi connectivity index (χ1) is 27.0. The lowest BCUT2D eigenvalue weighted by Gasteiger charge is -2.22. The van der Waals surface area contributed by atoms with Gasteiger partial charge in [0.05, 0.1) is 11.4 Å². The summed E-state index contributed by atoms with van der Waals surface area (Å²) in [4.78, 5) is 10.2. The largest absolute Gasteiger partial charge is 0.228 e. The molecular weight excluding hydrogens is 665 g/mol. The molecule has 0 atom stereocenters. The number of nitrogens with zero attached hydrogens (tertiary/aromatic N) is 2. The van der Waals surface area contributed by atoms with Crippen molar-refractivity contribution in [3.8, 4) is 78.4 Å². The highest BCUT2D eigenvalue weighted by molar-refractivity contribution is 6.00. The van der Waals surface area contributed by atoms with Crippen LogP contribution in [0.25, 0.3) is 89.2 Å². The molecule has 0 saturated carbocycles. The second kappa shape index (κ2) is 13.2. The molecule has 0 amide bonds. The van der Waals surface area contributed by atoms with Crippen molar-refractivity contribution in [3.63, 3.8) is 0 Å². The van der Waals surface area contributed by atoms with E-state index in [1.165, 1.54) is 60.8 Å². The van der Waals surface area contributed by atoms with Crippen LogP contribution < -0.4 is 0 Å². The Hall–Kier alpha value is -6.90. The molecule has 1 aliphatic rings. The average Bonchev–Trinajstić information content (AvgIpc) is 3.48. The summed E-state index contributed by atoms with van der Waals surface area (Å²) in [6.07, 6.45) is 0. The number of rotatable bonds is 6. The molecule has 0 aliphatic heterocycles. The third-order valence-electron chi connectivity index (χ3n) is 11.3. The van der Waals surface area contributed by atoms with E-state index in [4.69, 9.17) is 9.97 Å². The molecule has 0 spiro atoms. The highest BCUT2D eigenvalue weighted by atomic mass is 14.9. The van der Waals surface area contributed by atoms with Crippen LogP contribution in [-0.4, -0.2) is 9.97 Å². The normalized spacial score (nSPS) is 12.7. The van der Waals surface area contributed by atoms with E-state index in [9.17, 15) is 0 Å². The van der Waals surface area contributed by atoms with Crippen molar-refractivity contribution in [3.05, 3.63) is 205 Å². The van der Waals surface area contributed by atoms with E-state index in [-0.39, 0.29) is 5.41 Å². The summed E-state index contributed by atoms with van der Waals surface area (Å²) in [5.74, 6) is 0.710. The average molecular weight is 703 g/mol. The molecule has 55 heavy (non-hydrogen) atoms. The van der Waals surface area contributed by atoms with Gasteiger partial charge in [-0.05, 0) is 90.7 Å². The van der Waals surface area contributed by atoms with Gasteiger partial charge < -0.3 is 0 Å². The second-order valence-electron chi connectivity index (χ2n) is 15.0. The van der Waals surface area contributed by atoms with Crippen LogP contribution in [-0.2, 0) is 5.41 Å². The van der Waals surface area contributed by atoms with Gasteiger partial charge in [0, 0.05) is 22.1 Å². The summed E-state index contributed by atoms with van der Waals surface area (Å²) in [6.45, 7) is 4.73. The molecular formula is C53H38N2. The van der Waals surface area contributed by atoms with E-state index in [0.717, 1.165) is 33.6 Å². The van der Waals surface area contributed by atoms with Crippen LogP contribution in [0.4, 0.5) is 0 Å². The van der Waals surface area contributed by atoms with Crippen LogP contribution in [0.3, 0.4) is 0 Å². The van der Waals surface area contributed by atoms with Crippen LogP contribution in [0.15, 0.2) is 194 Å². The first kappa shape index (κ1) is 32.7. The van der Waals surface area contributed by atoms with Gasteiger partial charge in [-0.3, -0.25) is 0 Å². The Morgan fingerprint density at radius 3 is 1.62 bits per heavy atom. The van der Waals surface area contributed by atoms with Crippen molar-refractivity contribution in [1.29, 1.82) is 0 Å². The van der Waals surface area contributed by atoms with Crippen LogP contribution in [0.2, 0.25) is 0 Å². The Morgan fingerprint density at radius 1 is 0.327 bits per heavy atom. The molecule has 9 aromatic rings. The Labute approximate surface area is 322 Å². The zero-order valence-corrected chi connectivity index (χ0v) is 30.9.